The van der Waals surface area contributed by atoms with Gasteiger partial charge in [0.05, 0.1) is 12.0 Å². The average molecular weight is 237 g/mol. The lowest BCUT2D eigenvalue weighted by atomic mass is 10.1. The Morgan fingerprint density at radius 1 is 1.18 bits per heavy atom. The third kappa shape index (κ3) is 6.47. The van der Waals surface area contributed by atoms with E-state index in [9.17, 15) is 0 Å². The molecule has 3 nitrogen and oxygen atoms in total. The number of rotatable bonds is 10. The normalized spacial score (nSPS) is 10.9. The Balaban J connectivity index is 2.08. The maximum absolute atomic E-state index is 4.40. The van der Waals surface area contributed by atoms with Gasteiger partial charge in [0, 0.05) is 25.7 Å². The molecule has 3 heteroatoms. The molecule has 0 radical (unpaired) electrons. The van der Waals surface area contributed by atoms with Crippen molar-refractivity contribution in [3.05, 3.63) is 18.2 Å². The molecule has 0 unspecified atom stereocenters. The monoisotopic (exact) mass is 237 g/mol. The van der Waals surface area contributed by atoms with Crippen LogP contribution in [0.5, 0.6) is 0 Å². The quantitative estimate of drug-likeness (QED) is 0.634. The highest BCUT2D eigenvalue weighted by molar-refractivity contribution is 4.97. The molecule has 0 atom stereocenters. The first kappa shape index (κ1) is 14.2. The van der Waals surface area contributed by atoms with E-state index < -0.39 is 0 Å². The fraction of sp³-hybridized carbons (Fsp3) is 0.786. The second-order valence-corrected chi connectivity index (χ2v) is 4.72. The molecule has 0 saturated heterocycles. The largest absolute Gasteiger partial charge is 0.337 e. The van der Waals surface area contributed by atoms with Crippen molar-refractivity contribution in [1.29, 1.82) is 0 Å². The molecule has 0 amide bonds. The zero-order valence-corrected chi connectivity index (χ0v) is 11.4. The smallest absolute Gasteiger partial charge is 0.0949 e. The van der Waals surface area contributed by atoms with Crippen LogP contribution in [0.3, 0.4) is 0 Å². The van der Waals surface area contributed by atoms with Crippen LogP contribution >= 0.6 is 0 Å². The van der Waals surface area contributed by atoms with Crippen molar-refractivity contribution in [2.24, 2.45) is 0 Å². The minimum Gasteiger partial charge on any atom is -0.337 e. The number of nitrogens with zero attached hydrogens (tertiary/aromatic N) is 2. The van der Waals surface area contributed by atoms with Gasteiger partial charge in [0.1, 0.15) is 0 Å². The van der Waals surface area contributed by atoms with E-state index in [1.807, 2.05) is 13.4 Å². The summed E-state index contributed by atoms with van der Waals surface area (Å²) < 4.78 is 2.23. The Morgan fingerprint density at radius 2 is 1.94 bits per heavy atom. The van der Waals surface area contributed by atoms with Crippen LogP contribution < -0.4 is 5.32 Å². The number of unbranched alkanes of at least 4 members (excludes halogenated alkanes) is 5. The minimum atomic E-state index is 1.01. The van der Waals surface area contributed by atoms with Crippen LogP contribution in [0.4, 0.5) is 0 Å². The summed E-state index contributed by atoms with van der Waals surface area (Å²) in [7, 11) is 1.98. The molecule has 1 N–H and O–H groups in total. The molecule has 0 aromatic carbocycles. The molecule has 0 aliphatic rings. The molecule has 0 bridgehead atoms. The van der Waals surface area contributed by atoms with Crippen LogP contribution in [0.1, 0.15) is 51.1 Å². The fourth-order valence-electron chi connectivity index (χ4n) is 1.99. The van der Waals surface area contributed by atoms with Gasteiger partial charge in [0.2, 0.25) is 0 Å². The number of aromatic nitrogens is 2. The van der Waals surface area contributed by atoms with Gasteiger partial charge in [-0.05, 0) is 13.5 Å². The van der Waals surface area contributed by atoms with E-state index in [1.54, 1.807) is 0 Å². The number of hydrogen-bond acceptors (Lipinski definition) is 2. The number of hydrogen-bond donors (Lipinski definition) is 1. The van der Waals surface area contributed by atoms with Gasteiger partial charge in [-0.3, -0.25) is 0 Å². The standard InChI is InChI=1S/C14H27N3/c1-3-4-5-6-7-8-11-17-12-14(16-13-17)9-10-15-2/h12-13,15H,3-11H2,1-2H3. The Kier molecular flexibility index (Phi) is 7.72. The van der Waals surface area contributed by atoms with E-state index in [4.69, 9.17) is 0 Å². The summed E-state index contributed by atoms with van der Waals surface area (Å²) in [5, 5.41) is 3.15. The first-order valence-electron chi connectivity index (χ1n) is 7.02. The molecule has 98 valence electrons. The third-order valence-electron chi connectivity index (χ3n) is 3.09. The van der Waals surface area contributed by atoms with Gasteiger partial charge < -0.3 is 9.88 Å². The lowest BCUT2D eigenvalue weighted by Crippen LogP contribution is -2.10. The average Bonchev–Trinajstić information content (AvgIpc) is 2.79. The van der Waals surface area contributed by atoms with Crippen LogP contribution in [-0.2, 0) is 13.0 Å². The summed E-state index contributed by atoms with van der Waals surface area (Å²) in [6.45, 7) is 4.39. The SMILES string of the molecule is CCCCCCCCn1cnc(CCNC)c1. The third-order valence-corrected chi connectivity index (χ3v) is 3.09. The van der Waals surface area contributed by atoms with Crippen molar-refractivity contribution >= 4 is 0 Å². The topological polar surface area (TPSA) is 29.9 Å². The Bertz CT molecular complexity index is 281. The van der Waals surface area contributed by atoms with Gasteiger partial charge >= 0.3 is 0 Å². The molecule has 17 heavy (non-hydrogen) atoms. The molecule has 1 aromatic rings. The number of likely N-dealkylation sites (N-methyl/N-ethyl adjacent to an activating group) is 1. The molecule has 0 aliphatic heterocycles. The van der Waals surface area contributed by atoms with Gasteiger partial charge in [-0.15, -0.1) is 0 Å². The Hall–Kier alpha value is -0.830. The molecule has 1 heterocycles. The van der Waals surface area contributed by atoms with Gasteiger partial charge in [-0.1, -0.05) is 39.0 Å². The van der Waals surface area contributed by atoms with Gasteiger partial charge in [-0.25, -0.2) is 4.98 Å². The van der Waals surface area contributed by atoms with Crippen LogP contribution in [0.15, 0.2) is 12.5 Å². The molecule has 1 rings (SSSR count). The van der Waals surface area contributed by atoms with Crippen LogP contribution in [0, 0.1) is 0 Å². The molecule has 0 aliphatic carbocycles. The van der Waals surface area contributed by atoms with Crippen molar-refractivity contribution in [2.75, 3.05) is 13.6 Å². The Labute approximate surface area is 106 Å². The van der Waals surface area contributed by atoms with E-state index in [2.05, 4.69) is 28.0 Å². The summed E-state index contributed by atoms with van der Waals surface area (Å²) in [4.78, 5) is 4.40. The molecule has 0 spiro atoms. The lowest BCUT2D eigenvalue weighted by Gasteiger charge is -2.02. The summed E-state index contributed by atoms with van der Waals surface area (Å²) in [5.74, 6) is 0. The maximum Gasteiger partial charge on any atom is 0.0949 e. The van der Waals surface area contributed by atoms with E-state index in [1.165, 1.54) is 44.2 Å². The lowest BCUT2D eigenvalue weighted by molar-refractivity contribution is 0.557. The summed E-state index contributed by atoms with van der Waals surface area (Å²) in [6, 6.07) is 0. The Morgan fingerprint density at radius 3 is 2.71 bits per heavy atom. The summed E-state index contributed by atoms with van der Waals surface area (Å²) in [6.07, 6.45) is 13.3. The molecule has 0 saturated carbocycles. The number of aryl methyl sites for hydroxylation is 1. The van der Waals surface area contributed by atoms with Crippen molar-refractivity contribution < 1.29 is 0 Å². The predicted molar refractivity (Wildman–Crippen MR) is 73.2 cm³/mol. The first-order valence-corrected chi connectivity index (χ1v) is 7.02. The number of imidazole rings is 1. The zero-order valence-electron chi connectivity index (χ0n) is 11.4. The van der Waals surface area contributed by atoms with Crippen LogP contribution in [0.25, 0.3) is 0 Å². The highest BCUT2D eigenvalue weighted by Gasteiger charge is 1.98. The van der Waals surface area contributed by atoms with Crippen molar-refractivity contribution in [2.45, 2.75) is 58.4 Å². The fourth-order valence-corrected chi connectivity index (χ4v) is 1.99. The molecular formula is C14H27N3. The van der Waals surface area contributed by atoms with E-state index in [0.717, 1.165) is 19.5 Å². The van der Waals surface area contributed by atoms with Gasteiger partial charge in [-0.2, -0.15) is 0 Å². The molecule has 0 fully saturated rings. The minimum absolute atomic E-state index is 1.01. The first-order chi connectivity index (χ1) is 8.36. The van der Waals surface area contributed by atoms with Crippen molar-refractivity contribution in [3.63, 3.8) is 0 Å². The second-order valence-electron chi connectivity index (χ2n) is 4.72. The highest BCUT2D eigenvalue weighted by Crippen LogP contribution is 2.06. The predicted octanol–water partition coefficient (Wildman–Crippen LogP) is 3.01. The highest BCUT2D eigenvalue weighted by atomic mass is 15.0. The van der Waals surface area contributed by atoms with E-state index >= 15 is 0 Å². The molecule has 1 aromatic heterocycles. The zero-order chi connectivity index (χ0) is 12.3. The van der Waals surface area contributed by atoms with Crippen LogP contribution in [-0.4, -0.2) is 23.1 Å². The summed E-state index contributed by atoms with van der Waals surface area (Å²) in [5.41, 5.74) is 1.20. The van der Waals surface area contributed by atoms with E-state index in [-0.39, 0.29) is 0 Å². The van der Waals surface area contributed by atoms with Gasteiger partial charge in [0.25, 0.3) is 0 Å². The van der Waals surface area contributed by atoms with Crippen LogP contribution in [0.2, 0.25) is 0 Å². The summed E-state index contributed by atoms with van der Waals surface area (Å²) >= 11 is 0. The number of nitrogens with one attached hydrogen (secondary N) is 1. The van der Waals surface area contributed by atoms with E-state index in [0.29, 0.717) is 0 Å². The maximum atomic E-state index is 4.40. The second kappa shape index (κ2) is 9.23. The van der Waals surface area contributed by atoms with Gasteiger partial charge in [0.15, 0.2) is 0 Å². The van der Waals surface area contributed by atoms with Crippen molar-refractivity contribution in [3.8, 4) is 0 Å². The van der Waals surface area contributed by atoms with Crippen molar-refractivity contribution in [1.82, 2.24) is 14.9 Å². The molecular weight excluding hydrogens is 210 g/mol.